The van der Waals surface area contributed by atoms with Crippen molar-refractivity contribution in [2.45, 2.75) is 12.8 Å². The molecule has 72 valence electrons. The molecule has 0 bridgehead atoms. The van der Waals surface area contributed by atoms with Crippen molar-refractivity contribution in [2.75, 3.05) is 19.5 Å². The van der Waals surface area contributed by atoms with Crippen molar-refractivity contribution in [3.05, 3.63) is 11.8 Å². The van der Waals surface area contributed by atoms with Gasteiger partial charge in [0.1, 0.15) is 5.82 Å². The highest BCUT2D eigenvalue weighted by atomic mass is 16.5. The molecule has 0 aromatic carbocycles. The Hall–Kier alpha value is -1.36. The fourth-order valence-electron chi connectivity index (χ4n) is 1.03. The lowest BCUT2D eigenvalue weighted by molar-refractivity contribution is 0.0964. The number of nitrogens with one attached hydrogen (secondary N) is 1. The van der Waals surface area contributed by atoms with Gasteiger partial charge >= 0.3 is 0 Å². The second-order valence-corrected chi connectivity index (χ2v) is 2.72. The smallest absolute Gasteiger partial charge is 0.168 e. The first-order valence-corrected chi connectivity index (χ1v) is 4.06. The van der Waals surface area contributed by atoms with E-state index >= 15 is 0 Å². The van der Waals surface area contributed by atoms with E-state index in [1.165, 1.54) is 6.20 Å². The predicted molar refractivity (Wildman–Crippen MR) is 48.4 cm³/mol. The summed E-state index contributed by atoms with van der Waals surface area (Å²) >= 11 is 0. The summed E-state index contributed by atoms with van der Waals surface area (Å²) in [6, 6.07) is 0. The molecule has 1 heterocycles. The highest BCUT2D eigenvalue weighted by molar-refractivity contribution is 5.99. The topological polar surface area (TPSA) is 81.0 Å². The van der Waals surface area contributed by atoms with Crippen LogP contribution in [0.5, 0.6) is 0 Å². The zero-order chi connectivity index (χ0) is 9.68. The molecule has 1 rings (SSSR count). The Kier molecular flexibility index (Phi) is 3.45. The summed E-state index contributed by atoms with van der Waals surface area (Å²) in [6.45, 7) is 0.587. The lowest BCUT2D eigenvalue weighted by atomic mass is 10.1. The second kappa shape index (κ2) is 4.61. The van der Waals surface area contributed by atoms with Gasteiger partial charge in [-0.2, -0.15) is 5.10 Å². The van der Waals surface area contributed by atoms with Crippen molar-refractivity contribution in [1.82, 2.24) is 10.2 Å². The van der Waals surface area contributed by atoms with Gasteiger partial charge in [-0.1, -0.05) is 0 Å². The van der Waals surface area contributed by atoms with Gasteiger partial charge in [-0.3, -0.25) is 9.89 Å². The van der Waals surface area contributed by atoms with Crippen LogP contribution in [0, 0.1) is 0 Å². The van der Waals surface area contributed by atoms with Crippen LogP contribution in [0.2, 0.25) is 0 Å². The maximum atomic E-state index is 11.4. The number of anilines is 1. The Balaban J connectivity index is 2.45. The minimum atomic E-state index is 0.00306. The van der Waals surface area contributed by atoms with E-state index in [9.17, 15) is 4.79 Å². The van der Waals surface area contributed by atoms with Gasteiger partial charge in [-0.15, -0.1) is 0 Å². The average molecular weight is 183 g/mol. The number of carbonyl (C=O) groups excluding carboxylic acids is 1. The average Bonchev–Trinajstić information content (AvgIpc) is 2.52. The predicted octanol–water partition coefficient (Wildman–Crippen LogP) is 0.601. The molecular weight excluding hydrogens is 170 g/mol. The van der Waals surface area contributed by atoms with E-state index in [-0.39, 0.29) is 5.78 Å². The van der Waals surface area contributed by atoms with Gasteiger partial charge in [0.15, 0.2) is 5.78 Å². The Morgan fingerprint density at radius 2 is 2.54 bits per heavy atom. The van der Waals surface area contributed by atoms with Crippen molar-refractivity contribution in [3.63, 3.8) is 0 Å². The van der Waals surface area contributed by atoms with E-state index in [0.29, 0.717) is 30.8 Å². The number of nitrogens with two attached hydrogens (primary N) is 1. The molecule has 13 heavy (non-hydrogen) atoms. The molecule has 0 aliphatic carbocycles. The van der Waals surface area contributed by atoms with Crippen molar-refractivity contribution >= 4 is 11.6 Å². The number of methoxy groups -OCH3 is 1. The fraction of sp³-hybridized carbons (Fsp3) is 0.500. The van der Waals surface area contributed by atoms with Crippen LogP contribution >= 0.6 is 0 Å². The zero-order valence-corrected chi connectivity index (χ0v) is 7.54. The number of nitrogen functional groups attached to an aromatic ring is 1. The summed E-state index contributed by atoms with van der Waals surface area (Å²) in [6.07, 6.45) is 2.60. The van der Waals surface area contributed by atoms with Gasteiger partial charge in [0.05, 0.1) is 11.8 Å². The number of aromatic nitrogens is 2. The van der Waals surface area contributed by atoms with Crippen LogP contribution < -0.4 is 5.73 Å². The first-order valence-electron chi connectivity index (χ1n) is 4.06. The van der Waals surface area contributed by atoms with Crippen molar-refractivity contribution in [3.8, 4) is 0 Å². The SMILES string of the molecule is COCCCC(=O)c1cn[nH]c1N. The number of H-pyrrole nitrogens is 1. The van der Waals surface area contributed by atoms with E-state index in [4.69, 9.17) is 10.5 Å². The summed E-state index contributed by atoms with van der Waals surface area (Å²) in [4.78, 5) is 11.4. The molecule has 0 aliphatic heterocycles. The Morgan fingerprint density at radius 3 is 3.08 bits per heavy atom. The molecular formula is C8H13N3O2. The quantitative estimate of drug-likeness (QED) is 0.517. The summed E-state index contributed by atoms with van der Waals surface area (Å²) in [5.74, 6) is 0.339. The maximum absolute atomic E-state index is 11.4. The number of ether oxygens (including phenoxy) is 1. The molecule has 0 atom stereocenters. The molecule has 5 heteroatoms. The summed E-state index contributed by atoms with van der Waals surface area (Å²) < 4.78 is 4.83. The van der Waals surface area contributed by atoms with Crippen LogP contribution in [0.25, 0.3) is 0 Å². The Bertz CT molecular complexity index is 283. The standard InChI is InChI=1S/C8H13N3O2/c1-13-4-2-3-7(12)6-5-10-11-8(6)9/h5H,2-4H2,1H3,(H3,9,10,11). The molecule has 1 aromatic heterocycles. The van der Waals surface area contributed by atoms with Gasteiger partial charge in [-0.05, 0) is 6.42 Å². The number of nitrogens with zero attached hydrogens (tertiary/aromatic N) is 1. The highest BCUT2D eigenvalue weighted by Gasteiger charge is 2.10. The minimum absolute atomic E-state index is 0.00306. The van der Waals surface area contributed by atoms with Gasteiger partial charge in [0.2, 0.25) is 0 Å². The third-order valence-electron chi connectivity index (χ3n) is 1.72. The van der Waals surface area contributed by atoms with E-state index < -0.39 is 0 Å². The highest BCUT2D eigenvalue weighted by Crippen LogP contribution is 2.10. The van der Waals surface area contributed by atoms with Crippen LogP contribution in [-0.4, -0.2) is 29.7 Å². The van der Waals surface area contributed by atoms with Crippen LogP contribution in [0.4, 0.5) is 5.82 Å². The molecule has 0 fully saturated rings. The third-order valence-corrected chi connectivity index (χ3v) is 1.72. The summed E-state index contributed by atoms with van der Waals surface area (Å²) in [7, 11) is 1.61. The fourth-order valence-corrected chi connectivity index (χ4v) is 1.03. The Morgan fingerprint density at radius 1 is 1.77 bits per heavy atom. The molecule has 1 aromatic rings. The van der Waals surface area contributed by atoms with Crippen LogP contribution in [0.1, 0.15) is 23.2 Å². The maximum Gasteiger partial charge on any atom is 0.168 e. The number of hydrogen-bond donors (Lipinski definition) is 2. The molecule has 0 amide bonds. The van der Waals surface area contributed by atoms with Gasteiger partial charge in [0.25, 0.3) is 0 Å². The molecule has 0 aliphatic rings. The van der Waals surface area contributed by atoms with Crippen molar-refractivity contribution < 1.29 is 9.53 Å². The lowest BCUT2D eigenvalue weighted by Gasteiger charge is -1.98. The molecule has 0 spiro atoms. The van der Waals surface area contributed by atoms with Gasteiger partial charge in [-0.25, -0.2) is 0 Å². The number of carbonyl (C=O) groups is 1. The summed E-state index contributed by atoms with van der Waals surface area (Å²) in [5.41, 5.74) is 5.94. The molecule has 0 saturated heterocycles. The molecule has 0 saturated carbocycles. The van der Waals surface area contributed by atoms with Crippen molar-refractivity contribution in [2.24, 2.45) is 0 Å². The van der Waals surface area contributed by atoms with Crippen LogP contribution in [-0.2, 0) is 4.74 Å². The second-order valence-electron chi connectivity index (χ2n) is 2.72. The third kappa shape index (κ3) is 2.55. The van der Waals surface area contributed by atoms with Crippen molar-refractivity contribution in [1.29, 1.82) is 0 Å². The normalized spacial score (nSPS) is 10.2. The number of Topliss-reactive ketones (excluding diaryl/α,β-unsaturated/α-hetero) is 1. The van der Waals surface area contributed by atoms with E-state index in [1.54, 1.807) is 7.11 Å². The molecule has 0 radical (unpaired) electrons. The van der Waals surface area contributed by atoms with Gasteiger partial charge in [0, 0.05) is 20.1 Å². The number of hydrogen-bond acceptors (Lipinski definition) is 4. The lowest BCUT2D eigenvalue weighted by Crippen LogP contribution is -2.03. The van der Waals surface area contributed by atoms with Crippen LogP contribution in [0.3, 0.4) is 0 Å². The van der Waals surface area contributed by atoms with Crippen LogP contribution in [0.15, 0.2) is 6.20 Å². The zero-order valence-electron chi connectivity index (χ0n) is 7.54. The number of rotatable bonds is 5. The Labute approximate surface area is 76.3 Å². The number of ketones is 1. The van der Waals surface area contributed by atoms with E-state index in [0.717, 1.165) is 0 Å². The molecule has 3 N–H and O–H groups in total. The van der Waals surface area contributed by atoms with Gasteiger partial charge < -0.3 is 10.5 Å². The molecule has 5 nitrogen and oxygen atoms in total. The number of aromatic amines is 1. The first-order chi connectivity index (χ1) is 6.25. The largest absolute Gasteiger partial charge is 0.385 e. The summed E-state index contributed by atoms with van der Waals surface area (Å²) in [5, 5.41) is 6.18. The monoisotopic (exact) mass is 183 g/mol. The minimum Gasteiger partial charge on any atom is -0.385 e. The van der Waals surface area contributed by atoms with E-state index in [1.807, 2.05) is 0 Å². The first kappa shape index (κ1) is 9.73. The molecule has 0 unspecified atom stereocenters. The van der Waals surface area contributed by atoms with E-state index in [2.05, 4.69) is 10.2 Å².